The summed E-state index contributed by atoms with van der Waals surface area (Å²) < 4.78 is 14.1. The van der Waals surface area contributed by atoms with Crippen molar-refractivity contribution in [1.82, 2.24) is 41.6 Å². The van der Waals surface area contributed by atoms with Gasteiger partial charge in [-0.2, -0.15) is 0 Å². The molecule has 0 saturated carbocycles. The number of rotatable bonds is 28. The first kappa shape index (κ1) is 52.2. The number of carbonyl (C=O) groups excluding carboxylic acids is 4. The predicted octanol–water partition coefficient (Wildman–Crippen LogP) is 1.01. The molecule has 12 N–H and O–H groups in total. The van der Waals surface area contributed by atoms with Gasteiger partial charge in [0.1, 0.15) is 24.2 Å². The highest BCUT2D eigenvalue weighted by molar-refractivity contribution is 6.06. The number of aryl methyl sites for hydroxylation is 1. The van der Waals surface area contributed by atoms with E-state index in [1.807, 2.05) is 10.6 Å². The van der Waals surface area contributed by atoms with Gasteiger partial charge in [0.15, 0.2) is 0 Å². The van der Waals surface area contributed by atoms with E-state index < -0.39 is 116 Å². The van der Waals surface area contributed by atoms with E-state index >= 15 is 0 Å². The molecule has 26 heteroatoms. The molecule has 0 radical (unpaired) electrons. The summed E-state index contributed by atoms with van der Waals surface area (Å²) in [5, 5.41) is 77.1. The van der Waals surface area contributed by atoms with Crippen LogP contribution in [0.3, 0.4) is 0 Å². The minimum atomic E-state index is -1.60. The van der Waals surface area contributed by atoms with E-state index in [-0.39, 0.29) is 67.6 Å². The number of alkyl halides is 1. The van der Waals surface area contributed by atoms with Crippen molar-refractivity contribution in [2.45, 2.75) is 88.4 Å². The van der Waals surface area contributed by atoms with E-state index in [1.165, 1.54) is 53.3 Å². The third-order valence-electron chi connectivity index (χ3n) is 9.38. The van der Waals surface area contributed by atoms with Crippen molar-refractivity contribution in [1.29, 1.82) is 0 Å². The second-order valence-electron chi connectivity index (χ2n) is 14.5. The molecule has 0 spiro atoms. The summed E-state index contributed by atoms with van der Waals surface area (Å²) in [6.07, 6.45) is -0.147. The summed E-state index contributed by atoms with van der Waals surface area (Å²) >= 11 is 0. The van der Waals surface area contributed by atoms with Gasteiger partial charge in [-0.25, -0.2) is 33.4 Å². The summed E-state index contributed by atoms with van der Waals surface area (Å²) in [7, 11) is 0. The van der Waals surface area contributed by atoms with Gasteiger partial charge in [0, 0.05) is 42.6 Å². The average Bonchev–Trinajstić information content (AvgIpc) is 3.74. The highest BCUT2D eigenvalue weighted by Crippen LogP contribution is 2.19. The van der Waals surface area contributed by atoms with Crippen LogP contribution in [-0.2, 0) is 41.6 Å². The van der Waals surface area contributed by atoms with Crippen LogP contribution in [0.1, 0.15) is 83.3 Å². The van der Waals surface area contributed by atoms with Gasteiger partial charge in [-0.3, -0.25) is 23.6 Å². The van der Waals surface area contributed by atoms with Crippen molar-refractivity contribution in [3.8, 4) is 5.69 Å². The van der Waals surface area contributed by atoms with Gasteiger partial charge >= 0.3 is 47.9 Å². The topological polar surface area (TPSA) is 395 Å². The number of aliphatic carboxylic acids is 6. The summed E-state index contributed by atoms with van der Waals surface area (Å²) in [5.41, 5.74) is 1.20. The van der Waals surface area contributed by atoms with Gasteiger partial charge < -0.3 is 62.5 Å². The fraction of sp³-hybridized carbons (Fsp3) is 0.400. The third-order valence-corrected chi connectivity index (χ3v) is 9.38. The largest absolute Gasteiger partial charge is 0.481 e. The fourth-order valence-electron chi connectivity index (χ4n) is 5.96. The van der Waals surface area contributed by atoms with Crippen molar-refractivity contribution >= 4 is 65.4 Å². The maximum absolute atomic E-state index is 13.6. The first-order valence-electron chi connectivity index (χ1n) is 20.1. The minimum absolute atomic E-state index is 0.00102. The lowest BCUT2D eigenvalue weighted by Gasteiger charge is -2.18. The third kappa shape index (κ3) is 17.9. The van der Waals surface area contributed by atoms with Crippen LogP contribution >= 0.6 is 0 Å². The van der Waals surface area contributed by atoms with Crippen LogP contribution in [0, 0.1) is 0 Å². The normalized spacial score (nSPS) is 12.6. The van der Waals surface area contributed by atoms with Crippen LogP contribution in [0.25, 0.3) is 5.69 Å². The van der Waals surface area contributed by atoms with Crippen LogP contribution in [0.15, 0.2) is 48.7 Å². The lowest BCUT2D eigenvalue weighted by atomic mass is 10.0. The Morgan fingerprint density at radius 2 is 1.11 bits per heavy atom. The zero-order valence-electron chi connectivity index (χ0n) is 34.9. The Balaban J connectivity index is 1.69. The first-order chi connectivity index (χ1) is 31.3. The lowest BCUT2D eigenvalue weighted by molar-refractivity contribution is -0.142. The van der Waals surface area contributed by atoms with E-state index in [0.717, 1.165) is 0 Å². The predicted molar refractivity (Wildman–Crippen MR) is 223 cm³/mol. The first-order valence-corrected chi connectivity index (χ1v) is 20.1. The molecule has 2 aromatic carbocycles. The van der Waals surface area contributed by atoms with E-state index in [2.05, 4.69) is 31.6 Å². The number of carbonyl (C=O) groups is 10. The number of aromatic nitrogens is 3. The van der Waals surface area contributed by atoms with Crippen LogP contribution in [0.5, 0.6) is 0 Å². The number of benzene rings is 2. The highest BCUT2D eigenvalue weighted by Gasteiger charge is 2.27. The van der Waals surface area contributed by atoms with E-state index in [1.54, 1.807) is 0 Å². The van der Waals surface area contributed by atoms with Crippen LogP contribution < -0.4 is 31.9 Å². The van der Waals surface area contributed by atoms with E-state index in [4.69, 9.17) is 10.2 Å². The minimum Gasteiger partial charge on any atom is -0.481 e. The number of nitrogens with one attached hydrogen (secondary N) is 6. The molecule has 1 heterocycles. The Morgan fingerprint density at radius 3 is 1.61 bits per heavy atom. The molecule has 0 aliphatic carbocycles. The Labute approximate surface area is 373 Å². The molecule has 0 aliphatic heterocycles. The molecule has 3 aromatic rings. The molecular weight excluding hydrogens is 881 g/mol. The molecule has 3 rings (SSSR count). The summed E-state index contributed by atoms with van der Waals surface area (Å²) in [5.74, 6) is -9.88. The molecule has 0 fully saturated rings. The Bertz CT molecular complexity index is 2250. The van der Waals surface area contributed by atoms with Gasteiger partial charge in [0.05, 0.1) is 24.3 Å². The second-order valence-corrected chi connectivity index (χ2v) is 14.5. The smallest absolute Gasteiger partial charge is 0.326 e. The quantitative estimate of drug-likeness (QED) is 0.0452. The van der Waals surface area contributed by atoms with Gasteiger partial charge in [-0.15, -0.1) is 5.10 Å². The number of nitrogens with zero attached hydrogens (tertiary/aromatic N) is 3. The van der Waals surface area contributed by atoms with Crippen molar-refractivity contribution in [2.75, 3.05) is 18.5 Å². The fourth-order valence-corrected chi connectivity index (χ4v) is 5.96. The maximum atomic E-state index is 13.6. The summed E-state index contributed by atoms with van der Waals surface area (Å²) in [4.78, 5) is 120. The molecule has 0 unspecified atom stereocenters. The molecule has 25 nitrogen and oxygen atoms in total. The van der Waals surface area contributed by atoms with Gasteiger partial charge in [-0.05, 0) is 80.8 Å². The SMILES string of the molecule is O=C(O)CC[C@H](NC(=O)N[C@@H](CCCCNC(=O)c1cc(C(=O)Nc2ccc(C[C@H](NC(=O)N[C@@H](CCC(=O)O)C(=O)O)C(=O)O)cc2)cc(-n2cc(CCCF)nn2)c1)C(=O)O)C(=O)O. The monoisotopic (exact) mass is 929 g/mol. The van der Waals surface area contributed by atoms with Crippen molar-refractivity contribution < 1.29 is 83.0 Å². The highest BCUT2D eigenvalue weighted by atomic mass is 19.1. The molecule has 66 heavy (non-hydrogen) atoms. The zero-order chi connectivity index (χ0) is 48.9. The Hall–Kier alpha value is -8.19. The van der Waals surface area contributed by atoms with E-state index in [0.29, 0.717) is 11.3 Å². The van der Waals surface area contributed by atoms with Gasteiger partial charge in [0.2, 0.25) is 0 Å². The van der Waals surface area contributed by atoms with Crippen molar-refractivity contribution in [2.24, 2.45) is 0 Å². The molecule has 4 atom stereocenters. The van der Waals surface area contributed by atoms with Crippen molar-refractivity contribution in [3.63, 3.8) is 0 Å². The second kappa shape index (κ2) is 25.8. The number of hydrogen-bond donors (Lipinski definition) is 12. The van der Waals surface area contributed by atoms with Crippen LogP contribution in [0.4, 0.5) is 19.7 Å². The number of halogens is 1. The number of carboxylic acid groups (broad SMARTS) is 6. The molecular formula is C40H48FN9O16. The zero-order valence-corrected chi connectivity index (χ0v) is 34.9. The molecule has 0 aliphatic rings. The number of urea groups is 2. The molecule has 0 bridgehead atoms. The van der Waals surface area contributed by atoms with Gasteiger partial charge in [-0.1, -0.05) is 17.3 Å². The van der Waals surface area contributed by atoms with E-state index in [9.17, 15) is 72.8 Å². The van der Waals surface area contributed by atoms with Crippen LogP contribution in [-0.4, -0.2) is 143 Å². The Kier molecular flexibility index (Phi) is 20.4. The van der Waals surface area contributed by atoms with Gasteiger partial charge in [0.25, 0.3) is 11.8 Å². The lowest BCUT2D eigenvalue weighted by Crippen LogP contribution is -2.51. The molecule has 1 aromatic heterocycles. The summed E-state index contributed by atoms with van der Waals surface area (Å²) in [6, 6.07) is 1.36. The number of carboxylic acids is 6. The Morgan fingerprint density at radius 1 is 0.606 bits per heavy atom. The molecule has 0 saturated heterocycles. The standard InChI is InChI=1S/C40H48FN9O16/c41-14-3-4-25-20-50(49-48-25)26-18-22(33(55)42-15-2-1-5-27(35(57)58)44-39(65)45-28(36(59)60)10-12-31(51)52)17-23(19-26)34(56)43-24-8-6-21(7-9-24)16-30(38(63)64)47-40(66)46-29(37(61)62)11-13-32(53)54/h6-9,17-20,27-30H,1-5,10-16H2,(H,42,55)(H,43,56)(H,51,52)(H,53,54)(H,57,58)(H,59,60)(H,61,62)(H,63,64)(H2,44,45,65)(H2,46,47,66)/t27-,28-,29-,30-/m0/s1. The summed E-state index contributed by atoms with van der Waals surface area (Å²) in [6.45, 7) is -0.595. The number of amides is 6. The number of hydrogen-bond acceptors (Lipinski definition) is 12. The molecule has 356 valence electrons. The average molecular weight is 930 g/mol. The molecule has 6 amide bonds. The van der Waals surface area contributed by atoms with Crippen molar-refractivity contribution in [3.05, 3.63) is 71.0 Å². The van der Waals surface area contributed by atoms with Crippen LogP contribution in [0.2, 0.25) is 0 Å². The number of unbranched alkanes of at least 4 members (excludes halogenated alkanes) is 1. The maximum Gasteiger partial charge on any atom is 0.326 e. The number of anilines is 1.